The van der Waals surface area contributed by atoms with E-state index in [4.69, 9.17) is 0 Å². The van der Waals surface area contributed by atoms with Crippen molar-refractivity contribution in [1.29, 1.82) is 0 Å². The van der Waals surface area contributed by atoms with Crippen molar-refractivity contribution in [1.82, 2.24) is 9.88 Å². The van der Waals surface area contributed by atoms with Gasteiger partial charge in [0.2, 0.25) is 5.43 Å². The fraction of sp³-hybridized carbons (Fsp3) is 0.360. The van der Waals surface area contributed by atoms with E-state index in [2.05, 4.69) is 4.98 Å². The van der Waals surface area contributed by atoms with E-state index in [1.165, 1.54) is 36.1 Å². The minimum Gasteiger partial charge on any atom is -0.360 e. The fourth-order valence-electron chi connectivity index (χ4n) is 4.46. The minimum absolute atomic E-state index is 0.00487. The van der Waals surface area contributed by atoms with Crippen LogP contribution in [0.15, 0.2) is 58.4 Å². The van der Waals surface area contributed by atoms with Crippen LogP contribution in [0.3, 0.4) is 0 Å². The molecule has 0 radical (unpaired) electrons. The van der Waals surface area contributed by atoms with Gasteiger partial charge in [-0.1, -0.05) is 31.4 Å². The fourth-order valence-corrected chi connectivity index (χ4v) is 5.68. The molecule has 3 aromatic rings. The number of aromatic amines is 1. The number of hydrogen-bond donors (Lipinski definition) is 1. The molecule has 8 heteroatoms. The molecule has 174 valence electrons. The summed E-state index contributed by atoms with van der Waals surface area (Å²) in [5.74, 6) is -0.338. The first-order chi connectivity index (χ1) is 15.7. The van der Waals surface area contributed by atoms with E-state index in [0.29, 0.717) is 11.2 Å². The van der Waals surface area contributed by atoms with Crippen molar-refractivity contribution in [3.63, 3.8) is 0 Å². The zero-order valence-corrected chi connectivity index (χ0v) is 20.0. The van der Waals surface area contributed by atoms with E-state index in [-0.39, 0.29) is 27.8 Å². The molecule has 1 aliphatic carbocycles. The molecule has 0 atom stereocenters. The van der Waals surface area contributed by atoms with Crippen LogP contribution in [0.1, 0.15) is 48.0 Å². The molecule has 0 spiro atoms. The molecule has 0 saturated heterocycles. The van der Waals surface area contributed by atoms with Gasteiger partial charge in [0.1, 0.15) is 5.56 Å². The Balaban J connectivity index is 1.72. The summed E-state index contributed by atoms with van der Waals surface area (Å²) < 4.78 is 27.7. The number of carbonyl (C=O) groups excluding carboxylic acids is 1. The van der Waals surface area contributed by atoms with Crippen molar-refractivity contribution >= 4 is 32.5 Å². The lowest BCUT2D eigenvalue weighted by molar-refractivity contribution is 0.0695. The molecule has 1 aromatic heterocycles. The first kappa shape index (κ1) is 23.0. The maximum absolute atomic E-state index is 13.3. The van der Waals surface area contributed by atoms with Gasteiger partial charge >= 0.3 is 0 Å². The van der Waals surface area contributed by atoms with Gasteiger partial charge in [-0.25, -0.2) is 8.42 Å². The van der Waals surface area contributed by atoms with E-state index in [1.54, 1.807) is 36.2 Å². The highest BCUT2D eigenvalue weighted by Crippen LogP contribution is 2.25. The van der Waals surface area contributed by atoms with Crippen LogP contribution in [0.25, 0.3) is 10.9 Å². The number of H-pyrrole nitrogens is 1. The van der Waals surface area contributed by atoms with Crippen LogP contribution < -0.4 is 9.73 Å². The molecule has 7 nitrogen and oxygen atoms in total. The lowest BCUT2D eigenvalue weighted by atomic mass is 9.94. The van der Waals surface area contributed by atoms with Gasteiger partial charge in [0, 0.05) is 37.2 Å². The van der Waals surface area contributed by atoms with E-state index in [1.807, 2.05) is 13.0 Å². The summed E-state index contributed by atoms with van der Waals surface area (Å²) in [4.78, 5) is 31.0. The number of pyridine rings is 1. The number of aromatic nitrogens is 1. The van der Waals surface area contributed by atoms with Gasteiger partial charge in [0.15, 0.2) is 0 Å². The summed E-state index contributed by atoms with van der Waals surface area (Å²) in [5.41, 5.74) is 1.51. The van der Waals surface area contributed by atoms with Gasteiger partial charge in [0.25, 0.3) is 15.9 Å². The van der Waals surface area contributed by atoms with Crippen molar-refractivity contribution in [3.05, 3.63) is 70.0 Å². The monoisotopic (exact) mass is 467 g/mol. The lowest BCUT2D eigenvalue weighted by Crippen LogP contribution is -2.40. The van der Waals surface area contributed by atoms with E-state index >= 15 is 0 Å². The van der Waals surface area contributed by atoms with Gasteiger partial charge in [-0.3, -0.25) is 13.9 Å². The highest BCUT2D eigenvalue weighted by Gasteiger charge is 2.26. The molecular weight excluding hydrogens is 438 g/mol. The quantitative estimate of drug-likeness (QED) is 0.613. The van der Waals surface area contributed by atoms with Crippen molar-refractivity contribution in [3.8, 4) is 0 Å². The summed E-state index contributed by atoms with van der Waals surface area (Å²) >= 11 is 0. The minimum atomic E-state index is -3.90. The van der Waals surface area contributed by atoms with E-state index in [0.717, 1.165) is 31.2 Å². The number of amides is 1. The van der Waals surface area contributed by atoms with Crippen LogP contribution >= 0.6 is 0 Å². The van der Waals surface area contributed by atoms with Gasteiger partial charge in [0.05, 0.1) is 10.6 Å². The molecular formula is C25H29N3O4S. The van der Waals surface area contributed by atoms with Crippen LogP contribution in [-0.4, -0.2) is 44.3 Å². The average Bonchev–Trinajstić information content (AvgIpc) is 2.83. The number of aryl methyl sites for hydroxylation is 1. The number of rotatable bonds is 5. The number of anilines is 1. The third-order valence-electron chi connectivity index (χ3n) is 6.55. The second kappa shape index (κ2) is 9.02. The van der Waals surface area contributed by atoms with Crippen molar-refractivity contribution in [2.24, 2.45) is 0 Å². The van der Waals surface area contributed by atoms with Crippen LogP contribution in [-0.2, 0) is 10.0 Å². The van der Waals surface area contributed by atoms with E-state index < -0.39 is 15.5 Å². The second-order valence-corrected chi connectivity index (χ2v) is 10.7. The van der Waals surface area contributed by atoms with E-state index in [9.17, 15) is 18.0 Å². The highest BCUT2D eigenvalue weighted by atomic mass is 32.2. The topological polar surface area (TPSA) is 90.6 Å². The summed E-state index contributed by atoms with van der Waals surface area (Å²) in [5, 5.41) is 0.177. The second-order valence-electron chi connectivity index (χ2n) is 8.76. The number of benzene rings is 2. The smallest absolute Gasteiger partial charge is 0.264 e. The number of nitrogens with one attached hydrogen (secondary N) is 1. The predicted octanol–water partition coefficient (Wildman–Crippen LogP) is 4.07. The largest absolute Gasteiger partial charge is 0.360 e. The Kier molecular flexibility index (Phi) is 6.30. The summed E-state index contributed by atoms with van der Waals surface area (Å²) in [7, 11) is -0.679. The lowest BCUT2D eigenvalue weighted by Gasteiger charge is -2.31. The van der Waals surface area contributed by atoms with Crippen molar-refractivity contribution < 1.29 is 13.2 Å². The molecule has 1 amide bonds. The maximum atomic E-state index is 13.3. The SMILES string of the molecule is Cc1cccc(N(C)S(=O)(=O)c2ccc3[nH]cc(C(=O)N(C)C4CCCCC4)c(=O)c3c2)c1. The van der Waals surface area contributed by atoms with Crippen LogP contribution in [0.2, 0.25) is 0 Å². The van der Waals surface area contributed by atoms with Gasteiger partial charge < -0.3 is 9.88 Å². The number of sulfonamides is 1. The maximum Gasteiger partial charge on any atom is 0.264 e. The summed E-state index contributed by atoms with van der Waals surface area (Å²) in [6.07, 6.45) is 6.61. The number of fused-ring (bicyclic) bond motifs is 1. The predicted molar refractivity (Wildman–Crippen MR) is 130 cm³/mol. The zero-order chi connectivity index (χ0) is 23.8. The molecule has 1 fully saturated rings. The van der Waals surface area contributed by atoms with Crippen LogP contribution in [0.4, 0.5) is 5.69 Å². The molecule has 0 aliphatic heterocycles. The molecule has 4 rings (SSSR count). The summed E-state index contributed by atoms with van der Waals surface area (Å²) in [6, 6.07) is 11.7. The Hall–Kier alpha value is -3.13. The van der Waals surface area contributed by atoms with Gasteiger partial charge in [-0.15, -0.1) is 0 Å². The number of carbonyl (C=O) groups is 1. The Morgan fingerprint density at radius 3 is 2.45 bits per heavy atom. The Labute approximate surface area is 194 Å². The zero-order valence-electron chi connectivity index (χ0n) is 19.2. The molecule has 1 saturated carbocycles. The normalized spacial score (nSPS) is 14.9. The molecule has 0 unspecified atom stereocenters. The van der Waals surface area contributed by atoms with Crippen LogP contribution in [0, 0.1) is 6.92 Å². The molecule has 0 bridgehead atoms. The van der Waals surface area contributed by atoms with Gasteiger partial charge in [-0.05, 0) is 55.7 Å². The molecule has 1 heterocycles. The Morgan fingerprint density at radius 1 is 1.03 bits per heavy atom. The van der Waals surface area contributed by atoms with Crippen molar-refractivity contribution in [2.75, 3.05) is 18.4 Å². The number of nitrogens with zero attached hydrogens (tertiary/aromatic N) is 2. The summed E-state index contributed by atoms with van der Waals surface area (Å²) in [6.45, 7) is 1.89. The average molecular weight is 468 g/mol. The van der Waals surface area contributed by atoms with Crippen LogP contribution in [0.5, 0.6) is 0 Å². The molecule has 2 aromatic carbocycles. The molecule has 33 heavy (non-hydrogen) atoms. The number of hydrogen-bond acceptors (Lipinski definition) is 4. The molecule has 1 N–H and O–H groups in total. The first-order valence-electron chi connectivity index (χ1n) is 11.2. The Morgan fingerprint density at radius 2 is 1.76 bits per heavy atom. The Bertz CT molecular complexity index is 1360. The van der Waals surface area contributed by atoms with Gasteiger partial charge in [-0.2, -0.15) is 0 Å². The third-order valence-corrected chi connectivity index (χ3v) is 8.33. The standard InChI is InChI=1S/C25H29N3O4S/c1-17-8-7-11-19(14-17)28(3)33(31,32)20-12-13-23-21(15-20)24(29)22(16-26-23)25(30)27(2)18-9-5-4-6-10-18/h7-8,11-16,18H,4-6,9-10H2,1-3H3,(H,26,29). The third kappa shape index (κ3) is 4.39. The first-order valence-corrected chi connectivity index (χ1v) is 12.6. The highest BCUT2D eigenvalue weighted by molar-refractivity contribution is 7.92. The molecule has 1 aliphatic rings. The van der Waals surface area contributed by atoms with Crippen molar-refractivity contribution in [2.45, 2.75) is 50.0 Å².